The first-order chi connectivity index (χ1) is 17.8. The van der Waals surface area contributed by atoms with Crippen molar-refractivity contribution in [1.82, 2.24) is 4.98 Å². The molecule has 8 heteroatoms. The van der Waals surface area contributed by atoms with Crippen LogP contribution in [0.5, 0.6) is 5.75 Å². The van der Waals surface area contributed by atoms with Crippen LogP contribution in [0.4, 0.5) is 5.13 Å². The van der Waals surface area contributed by atoms with Crippen LogP contribution >= 0.6 is 11.3 Å². The van der Waals surface area contributed by atoms with Crippen molar-refractivity contribution in [3.05, 3.63) is 93.7 Å². The number of aliphatic hydroxyl groups is 1. The first kappa shape index (κ1) is 26.0. The van der Waals surface area contributed by atoms with Crippen LogP contribution < -0.4 is 9.64 Å². The number of amides is 1. The van der Waals surface area contributed by atoms with Crippen LogP contribution in [-0.2, 0) is 9.59 Å². The van der Waals surface area contributed by atoms with Gasteiger partial charge in [-0.3, -0.25) is 19.3 Å². The highest BCUT2D eigenvalue weighted by molar-refractivity contribution is 7.17. The lowest BCUT2D eigenvalue weighted by Crippen LogP contribution is -2.30. The number of aromatic nitrogens is 1. The van der Waals surface area contributed by atoms with Crippen molar-refractivity contribution in [3.63, 3.8) is 0 Å². The Morgan fingerprint density at radius 2 is 1.92 bits per heavy atom. The number of benzene rings is 2. The summed E-state index contributed by atoms with van der Waals surface area (Å²) in [6.45, 7) is 5.73. The smallest absolute Gasteiger partial charge is 0.296 e. The number of hydrogen-bond donors (Lipinski definition) is 1. The van der Waals surface area contributed by atoms with Crippen LogP contribution in [0, 0.1) is 6.92 Å². The van der Waals surface area contributed by atoms with E-state index in [4.69, 9.17) is 4.74 Å². The number of anilines is 1. The van der Waals surface area contributed by atoms with Gasteiger partial charge in [0, 0.05) is 6.92 Å². The van der Waals surface area contributed by atoms with Gasteiger partial charge < -0.3 is 9.84 Å². The van der Waals surface area contributed by atoms with Crippen LogP contribution in [0.1, 0.15) is 59.2 Å². The van der Waals surface area contributed by atoms with Gasteiger partial charge in [0.2, 0.25) is 0 Å². The fourth-order valence-corrected chi connectivity index (χ4v) is 5.11. The van der Waals surface area contributed by atoms with Gasteiger partial charge in [-0.05, 0) is 42.7 Å². The number of rotatable bonds is 10. The summed E-state index contributed by atoms with van der Waals surface area (Å²) in [7, 11) is 0. The third-order valence-corrected chi connectivity index (χ3v) is 7.21. The molecule has 0 saturated heterocycles. The van der Waals surface area contributed by atoms with Gasteiger partial charge in [0.05, 0.1) is 28.8 Å². The summed E-state index contributed by atoms with van der Waals surface area (Å²) in [4.78, 5) is 45.0. The highest BCUT2D eigenvalue weighted by atomic mass is 32.1. The fourth-order valence-electron chi connectivity index (χ4n) is 4.12. The highest BCUT2D eigenvalue weighted by Gasteiger charge is 2.45. The number of carbonyl (C=O) groups is 3. The van der Waals surface area contributed by atoms with Crippen LogP contribution in [0.25, 0.3) is 6.08 Å². The third kappa shape index (κ3) is 5.54. The number of unbranched alkanes of at least 4 members (excludes halogenated alkanes) is 1. The Kier molecular flexibility index (Phi) is 7.98. The maximum Gasteiger partial charge on any atom is 0.296 e. The summed E-state index contributed by atoms with van der Waals surface area (Å²) in [6, 6.07) is 15.5. The van der Waals surface area contributed by atoms with Gasteiger partial charge in [0.15, 0.2) is 22.5 Å². The van der Waals surface area contributed by atoms with Crippen molar-refractivity contribution in [2.45, 2.75) is 39.7 Å². The van der Waals surface area contributed by atoms with Crippen molar-refractivity contribution in [1.29, 1.82) is 0 Å². The van der Waals surface area contributed by atoms with E-state index in [1.807, 2.05) is 36.4 Å². The van der Waals surface area contributed by atoms with E-state index in [1.54, 1.807) is 31.2 Å². The van der Waals surface area contributed by atoms with Crippen molar-refractivity contribution in [3.8, 4) is 5.75 Å². The van der Waals surface area contributed by atoms with Crippen LogP contribution in [0.15, 0.2) is 72.0 Å². The molecule has 37 heavy (non-hydrogen) atoms. The van der Waals surface area contributed by atoms with Gasteiger partial charge in [0.1, 0.15) is 5.75 Å². The molecule has 1 aromatic heterocycles. The third-order valence-electron chi connectivity index (χ3n) is 5.95. The molecule has 0 radical (unpaired) electrons. The maximum absolute atomic E-state index is 13.4. The molecule has 190 valence electrons. The number of allylic oxidation sites excluding steroid dienone is 1. The molecule has 0 spiro atoms. The van der Waals surface area contributed by atoms with Gasteiger partial charge in [-0.1, -0.05) is 73.2 Å². The Labute approximate surface area is 219 Å². The number of aryl methyl sites for hydroxylation is 1. The number of nitrogens with zero attached hydrogens (tertiary/aromatic N) is 2. The van der Waals surface area contributed by atoms with Crippen molar-refractivity contribution < 1.29 is 24.2 Å². The molecule has 4 rings (SSSR count). The number of hydrogen-bond acceptors (Lipinski definition) is 7. The second kappa shape index (κ2) is 11.3. The van der Waals surface area contributed by atoms with E-state index in [-0.39, 0.29) is 16.5 Å². The molecule has 0 fully saturated rings. The Bertz CT molecular complexity index is 1390. The number of carbonyl (C=O) groups excluding carboxylic acids is 3. The molecule has 2 aromatic carbocycles. The molecule has 1 atom stereocenters. The first-order valence-electron chi connectivity index (χ1n) is 12.1. The molecule has 2 heterocycles. The molecule has 1 unspecified atom stereocenters. The minimum Gasteiger partial charge on any atom is -0.503 e. The van der Waals surface area contributed by atoms with E-state index in [1.165, 1.54) is 17.9 Å². The Morgan fingerprint density at radius 1 is 1.16 bits per heavy atom. The molecule has 0 bridgehead atoms. The molecule has 3 aromatic rings. The van der Waals surface area contributed by atoms with Gasteiger partial charge >= 0.3 is 0 Å². The average molecular weight is 517 g/mol. The van der Waals surface area contributed by atoms with Crippen molar-refractivity contribution in [2.75, 3.05) is 11.5 Å². The second-order valence-electron chi connectivity index (χ2n) is 8.69. The molecule has 1 aliphatic rings. The summed E-state index contributed by atoms with van der Waals surface area (Å²) < 4.78 is 5.86. The summed E-state index contributed by atoms with van der Waals surface area (Å²) in [5.41, 5.74) is 1.82. The number of ether oxygens (including phenoxy) is 1. The lowest BCUT2D eigenvalue weighted by atomic mass is 9.95. The van der Waals surface area contributed by atoms with Gasteiger partial charge in [-0.15, -0.1) is 0 Å². The van der Waals surface area contributed by atoms with Gasteiger partial charge in [-0.2, -0.15) is 0 Å². The predicted molar refractivity (Wildman–Crippen MR) is 144 cm³/mol. The predicted octanol–water partition coefficient (Wildman–Crippen LogP) is 6.02. The monoisotopic (exact) mass is 516 g/mol. The summed E-state index contributed by atoms with van der Waals surface area (Å²) in [6.07, 6.45) is 4.85. The zero-order chi connectivity index (χ0) is 26.5. The van der Waals surface area contributed by atoms with Crippen molar-refractivity contribution in [2.24, 2.45) is 0 Å². The van der Waals surface area contributed by atoms with Crippen LogP contribution in [0.3, 0.4) is 0 Å². The molecule has 1 N–H and O–H groups in total. The van der Waals surface area contributed by atoms with Crippen LogP contribution in [-0.4, -0.2) is 34.2 Å². The largest absolute Gasteiger partial charge is 0.503 e. The SMILES string of the molecule is CCCCOc1cccc(C2C(C(=O)/C=C/c3ccccc3)=C(O)C(=O)N2c2nc(C)c(C(C)=O)s2)c1. The van der Waals surface area contributed by atoms with E-state index in [0.717, 1.165) is 29.7 Å². The molecule has 0 saturated carbocycles. The van der Waals surface area contributed by atoms with E-state index >= 15 is 0 Å². The Balaban J connectivity index is 1.78. The fraction of sp³-hybridized carbons (Fsp3) is 0.241. The molecular formula is C29H28N2O5S. The van der Waals surface area contributed by atoms with E-state index in [2.05, 4.69) is 11.9 Å². The molecule has 0 aliphatic carbocycles. The molecule has 7 nitrogen and oxygen atoms in total. The number of aliphatic hydroxyl groups excluding tert-OH is 1. The first-order valence-corrected chi connectivity index (χ1v) is 12.9. The molecule has 1 aliphatic heterocycles. The standard InChI is InChI=1S/C29H28N2O5S/c1-4-5-16-36-22-13-9-12-21(17-22)25-24(23(33)15-14-20-10-7-6-8-11-20)26(34)28(35)31(25)29-30-18(2)27(37-29)19(3)32/h6-15,17,25,34H,4-5,16H2,1-3H3/b15-14+. The number of thiazole rings is 1. The maximum atomic E-state index is 13.4. The minimum absolute atomic E-state index is 0.0554. The lowest BCUT2D eigenvalue weighted by molar-refractivity contribution is -0.117. The quantitative estimate of drug-likeness (QED) is 0.201. The summed E-state index contributed by atoms with van der Waals surface area (Å²) in [5.74, 6) is -1.46. The van der Waals surface area contributed by atoms with Gasteiger partial charge in [0.25, 0.3) is 5.91 Å². The Hall–Kier alpha value is -4.04. The lowest BCUT2D eigenvalue weighted by Gasteiger charge is -2.24. The van der Waals surface area contributed by atoms with E-state index in [9.17, 15) is 19.5 Å². The normalized spacial score (nSPS) is 15.6. The Morgan fingerprint density at radius 3 is 2.59 bits per heavy atom. The van der Waals surface area contributed by atoms with E-state index < -0.39 is 23.5 Å². The average Bonchev–Trinajstić information content (AvgIpc) is 3.40. The molecule has 1 amide bonds. The minimum atomic E-state index is -0.944. The number of ketones is 2. The van der Waals surface area contributed by atoms with Crippen LogP contribution in [0.2, 0.25) is 0 Å². The molecular weight excluding hydrogens is 488 g/mol. The zero-order valence-electron chi connectivity index (χ0n) is 20.9. The van der Waals surface area contributed by atoms with Gasteiger partial charge in [-0.25, -0.2) is 4.98 Å². The zero-order valence-corrected chi connectivity index (χ0v) is 21.7. The van der Waals surface area contributed by atoms with Crippen molar-refractivity contribution >= 4 is 40.0 Å². The number of Topliss-reactive ketones (excluding diaryl/α,β-unsaturated/α-hetero) is 1. The van der Waals surface area contributed by atoms with E-state index in [0.29, 0.717) is 28.5 Å². The summed E-state index contributed by atoms with van der Waals surface area (Å²) in [5, 5.41) is 11.2. The highest BCUT2D eigenvalue weighted by Crippen LogP contribution is 2.43. The second-order valence-corrected chi connectivity index (χ2v) is 9.67. The topological polar surface area (TPSA) is 96.8 Å². The summed E-state index contributed by atoms with van der Waals surface area (Å²) >= 11 is 1.06.